The largest absolute Gasteiger partial charge is 0.468 e. The number of hydrogen-bond acceptors (Lipinski definition) is 9. The van der Waals surface area contributed by atoms with Gasteiger partial charge in [-0.05, 0) is 44.4 Å². The van der Waals surface area contributed by atoms with Gasteiger partial charge in [-0.3, -0.25) is 19.2 Å². The Morgan fingerprint density at radius 2 is 1.54 bits per heavy atom. The number of ether oxygens (including phenoxy) is 3. The van der Waals surface area contributed by atoms with Crippen molar-refractivity contribution in [3.63, 3.8) is 0 Å². The van der Waals surface area contributed by atoms with Gasteiger partial charge >= 0.3 is 17.9 Å². The van der Waals surface area contributed by atoms with Crippen LogP contribution in [0, 0.1) is 23.7 Å². The number of methoxy groups -OCH3 is 2. The molecule has 1 fully saturated rings. The summed E-state index contributed by atoms with van der Waals surface area (Å²) < 4.78 is 43.6. The van der Waals surface area contributed by atoms with E-state index in [0.29, 0.717) is 0 Å². The monoisotopic (exact) mass is 528 g/mol. The summed E-state index contributed by atoms with van der Waals surface area (Å²) in [6, 6.07) is 12.3. The molecule has 10 heteroatoms. The molecule has 4 rings (SSSR count). The second-order valence-electron chi connectivity index (χ2n) is 9.44. The number of benzene rings is 2. The van der Waals surface area contributed by atoms with Gasteiger partial charge in [-0.15, -0.1) is 0 Å². The van der Waals surface area contributed by atoms with E-state index < -0.39 is 68.4 Å². The van der Waals surface area contributed by atoms with E-state index in [2.05, 4.69) is 0 Å². The molecule has 0 aromatic heterocycles. The number of carbonyl (C=O) groups excluding carboxylic acids is 4. The van der Waals surface area contributed by atoms with E-state index >= 15 is 0 Å². The Labute approximate surface area is 215 Å². The zero-order chi connectivity index (χ0) is 27.2. The molecule has 0 aliphatic heterocycles. The lowest BCUT2D eigenvalue weighted by Crippen LogP contribution is -2.51. The van der Waals surface area contributed by atoms with E-state index in [1.165, 1.54) is 24.3 Å². The van der Waals surface area contributed by atoms with Crippen molar-refractivity contribution in [2.45, 2.75) is 36.8 Å². The van der Waals surface area contributed by atoms with Crippen LogP contribution in [0.15, 0.2) is 53.4 Å². The minimum atomic E-state index is -4.24. The van der Waals surface area contributed by atoms with Crippen LogP contribution in [0.25, 0.3) is 0 Å². The molecule has 2 aromatic rings. The van der Waals surface area contributed by atoms with Crippen molar-refractivity contribution in [2.75, 3.05) is 20.8 Å². The van der Waals surface area contributed by atoms with Gasteiger partial charge in [-0.2, -0.15) is 0 Å². The highest BCUT2D eigenvalue weighted by molar-refractivity contribution is 7.91. The van der Waals surface area contributed by atoms with Crippen LogP contribution in [0.2, 0.25) is 0 Å². The lowest BCUT2D eigenvalue weighted by Gasteiger charge is -2.41. The number of sulfone groups is 1. The van der Waals surface area contributed by atoms with Crippen LogP contribution in [-0.2, 0) is 38.4 Å². The molecule has 2 aliphatic carbocycles. The van der Waals surface area contributed by atoms with Crippen molar-refractivity contribution >= 4 is 33.5 Å². The molecule has 2 aliphatic rings. The summed E-state index contributed by atoms with van der Waals surface area (Å²) in [5.74, 6) is -5.02. The van der Waals surface area contributed by atoms with Gasteiger partial charge < -0.3 is 14.2 Å². The topological polar surface area (TPSA) is 130 Å². The summed E-state index contributed by atoms with van der Waals surface area (Å²) in [4.78, 5) is 53.9. The number of fused-ring (bicyclic) bond motifs is 2. The number of carbonyl (C=O) groups is 4. The number of esters is 3. The normalized spacial score (nSPS) is 23.9. The maximum absolute atomic E-state index is 14.2. The Morgan fingerprint density at radius 1 is 0.946 bits per heavy atom. The predicted molar refractivity (Wildman–Crippen MR) is 130 cm³/mol. The Balaban J connectivity index is 2.07. The molecule has 0 bridgehead atoms. The quantitative estimate of drug-likeness (QED) is 0.315. The molecule has 196 valence electrons. The van der Waals surface area contributed by atoms with Crippen molar-refractivity contribution in [3.05, 3.63) is 65.2 Å². The van der Waals surface area contributed by atoms with Gasteiger partial charge in [0.05, 0.1) is 31.0 Å². The minimum Gasteiger partial charge on any atom is -0.468 e. The highest BCUT2D eigenvalue weighted by Gasteiger charge is 2.74. The van der Waals surface area contributed by atoms with Crippen LogP contribution >= 0.6 is 0 Å². The van der Waals surface area contributed by atoms with Crippen molar-refractivity contribution in [2.24, 2.45) is 16.7 Å². The average molecular weight is 529 g/mol. The Morgan fingerprint density at radius 3 is 2.11 bits per heavy atom. The number of hydrogen-bond donors (Lipinski definition) is 0. The van der Waals surface area contributed by atoms with Crippen LogP contribution in [-0.4, -0.2) is 52.9 Å². The first kappa shape index (κ1) is 26.5. The SMILES string of the molecule is CCOC(=O)[C@@]12CC(C(=O)OC)(C(=O)OC)C[C@H]1[C@H](S(=O)(=O)c1ccc(C)cc1)c1ccccc1C2=O. The molecule has 37 heavy (non-hydrogen) atoms. The van der Waals surface area contributed by atoms with Crippen molar-refractivity contribution in [1.82, 2.24) is 0 Å². The molecule has 0 unspecified atom stereocenters. The molecule has 3 atom stereocenters. The van der Waals surface area contributed by atoms with Crippen LogP contribution in [0.3, 0.4) is 0 Å². The molecule has 0 radical (unpaired) electrons. The van der Waals surface area contributed by atoms with Crippen LogP contribution in [0.1, 0.15) is 46.5 Å². The maximum Gasteiger partial charge on any atom is 0.323 e. The number of Topliss-reactive ketones (excluding diaryl/α,β-unsaturated/α-hetero) is 1. The fourth-order valence-electron chi connectivity index (χ4n) is 5.87. The lowest BCUT2D eigenvalue weighted by molar-refractivity contribution is -0.169. The Hall–Kier alpha value is -3.53. The minimum absolute atomic E-state index is 0.0151. The molecule has 0 N–H and O–H groups in total. The molecule has 1 saturated carbocycles. The van der Waals surface area contributed by atoms with Crippen LogP contribution < -0.4 is 0 Å². The zero-order valence-electron chi connectivity index (χ0n) is 21.0. The summed E-state index contributed by atoms with van der Waals surface area (Å²) >= 11 is 0. The second-order valence-corrected chi connectivity index (χ2v) is 11.5. The van der Waals surface area contributed by atoms with Gasteiger partial charge in [-0.25, -0.2) is 8.42 Å². The molecular formula is C27H28O9S. The van der Waals surface area contributed by atoms with Gasteiger partial charge in [-0.1, -0.05) is 42.0 Å². The van der Waals surface area contributed by atoms with E-state index in [0.717, 1.165) is 19.8 Å². The highest BCUT2D eigenvalue weighted by atomic mass is 32.2. The van der Waals surface area contributed by atoms with E-state index in [9.17, 15) is 27.6 Å². The third kappa shape index (κ3) is 3.77. The smallest absolute Gasteiger partial charge is 0.323 e. The average Bonchev–Trinajstić information content (AvgIpc) is 3.26. The maximum atomic E-state index is 14.2. The first-order chi connectivity index (χ1) is 17.5. The summed E-state index contributed by atoms with van der Waals surface area (Å²) in [5, 5.41) is -1.43. The summed E-state index contributed by atoms with van der Waals surface area (Å²) in [7, 11) is -2.09. The molecule has 0 heterocycles. The fourth-order valence-corrected chi connectivity index (χ4v) is 7.98. The third-order valence-electron chi connectivity index (χ3n) is 7.54. The Bertz CT molecular complexity index is 1360. The van der Waals surface area contributed by atoms with Crippen LogP contribution in [0.5, 0.6) is 0 Å². The molecular weight excluding hydrogens is 500 g/mol. The van der Waals surface area contributed by atoms with Gasteiger partial charge in [0.25, 0.3) is 0 Å². The highest BCUT2D eigenvalue weighted by Crippen LogP contribution is 2.64. The molecule has 0 spiro atoms. The first-order valence-corrected chi connectivity index (χ1v) is 13.3. The number of ketones is 1. The zero-order valence-corrected chi connectivity index (χ0v) is 21.8. The van der Waals surface area contributed by atoms with Gasteiger partial charge in [0.15, 0.2) is 21.0 Å². The molecule has 0 amide bonds. The molecule has 9 nitrogen and oxygen atoms in total. The van der Waals surface area contributed by atoms with Crippen molar-refractivity contribution < 1.29 is 41.8 Å². The fraction of sp³-hybridized carbons (Fsp3) is 0.407. The standard InChI is InChI=1S/C27H28O9S/c1-5-36-25(31)27-15-26(23(29)34-3,24(30)35-4)14-20(27)21(18-8-6-7-9-19(18)22(27)28)37(32,33)17-12-10-16(2)11-13-17/h6-13,20-21H,5,14-15H2,1-4H3/t20-,21+,27-/m0/s1. The van der Waals surface area contributed by atoms with Gasteiger partial charge in [0.1, 0.15) is 5.41 Å². The predicted octanol–water partition coefficient (Wildman–Crippen LogP) is 3.00. The summed E-state index contributed by atoms with van der Waals surface area (Å²) in [5.41, 5.74) is -3.15. The van der Waals surface area contributed by atoms with E-state index in [-0.39, 0.29) is 22.6 Å². The third-order valence-corrected chi connectivity index (χ3v) is 9.72. The molecule has 2 aromatic carbocycles. The van der Waals surface area contributed by atoms with E-state index in [1.807, 2.05) is 6.92 Å². The summed E-state index contributed by atoms with van der Waals surface area (Å²) in [6.07, 6.45) is -1.09. The van der Waals surface area contributed by atoms with Crippen molar-refractivity contribution in [1.29, 1.82) is 0 Å². The van der Waals surface area contributed by atoms with Gasteiger partial charge in [0, 0.05) is 11.5 Å². The first-order valence-electron chi connectivity index (χ1n) is 11.8. The van der Waals surface area contributed by atoms with Gasteiger partial charge in [0.2, 0.25) is 0 Å². The van der Waals surface area contributed by atoms with E-state index in [4.69, 9.17) is 14.2 Å². The van der Waals surface area contributed by atoms with Crippen molar-refractivity contribution in [3.8, 4) is 0 Å². The second kappa shape index (κ2) is 9.41. The number of aryl methyl sites for hydroxylation is 1. The number of rotatable bonds is 6. The lowest BCUT2D eigenvalue weighted by atomic mass is 9.64. The summed E-state index contributed by atoms with van der Waals surface area (Å²) in [6.45, 7) is 3.27. The Kier molecular flexibility index (Phi) is 6.74. The van der Waals surface area contributed by atoms with Crippen LogP contribution in [0.4, 0.5) is 0 Å². The van der Waals surface area contributed by atoms with E-state index in [1.54, 1.807) is 31.2 Å². The molecule has 0 saturated heterocycles.